The molecule has 168 valence electrons. The van der Waals surface area contributed by atoms with Crippen molar-refractivity contribution in [2.24, 2.45) is 0 Å². The molecule has 0 radical (unpaired) electrons. The molecule has 0 spiro atoms. The van der Waals surface area contributed by atoms with Crippen LogP contribution >= 0.6 is 11.3 Å². The number of hydrogen-bond acceptors (Lipinski definition) is 7. The van der Waals surface area contributed by atoms with Gasteiger partial charge in [0.25, 0.3) is 10.2 Å². The van der Waals surface area contributed by atoms with E-state index in [0.717, 1.165) is 31.3 Å². The van der Waals surface area contributed by atoms with E-state index in [2.05, 4.69) is 20.3 Å². The largest absolute Gasteiger partial charge is 0.461 e. The second-order valence-electron chi connectivity index (χ2n) is 7.71. The molecule has 3 aromatic rings. The van der Waals surface area contributed by atoms with Gasteiger partial charge in [-0.15, -0.1) is 11.3 Å². The first-order valence-corrected chi connectivity index (χ1v) is 12.4. The van der Waals surface area contributed by atoms with E-state index in [1.807, 2.05) is 12.1 Å². The molecule has 0 saturated carbocycles. The predicted octanol–water partition coefficient (Wildman–Crippen LogP) is 2.06. The van der Waals surface area contributed by atoms with Crippen molar-refractivity contribution >= 4 is 38.4 Å². The number of aromatic nitrogens is 2. The summed E-state index contributed by atoms with van der Waals surface area (Å²) in [7, 11) is -0.606. The van der Waals surface area contributed by atoms with Gasteiger partial charge in [0.2, 0.25) is 0 Å². The zero-order valence-electron chi connectivity index (χ0n) is 18.0. The summed E-state index contributed by atoms with van der Waals surface area (Å²) in [5, 5.41) is 10.3. The molecular formula is C21H23N5O4S2. The summed E-state index contributed by atoms with van der Waals surface area (Å²) < 4.78 is 35.8. The summed E-state index contributed by atoms with van der Waals surface area (Å²) in [5.74, 6) is -0.458. The highest BCUT2D eigenvalue weighted by Crippen LogP contribution is 2.35. The van der Waals surface area contributed by atoms with Crippen LogP contribution in [0, 0.1) is 11.3 Å². The van der Waals surface area contributed by atoms with Crippen molar-refractivity contribution in [2.75, 3.05) is 20.7 Å². The fourth-order valence-electron chi connectivity index (χ4n) is 4.03. The number of nitrogens with zero attached hydrogens (tertiary/aromatic N) is 4. The zero-order valence-corrected chi connectivity index (χ0v) is 19.6. The fraction of sp³-hybridized carbons (Fsp3) is 0.381. The van der Waals surface area contributed by atoms with Crippen LogP contribution in [0.15, 0.2) is 23.7 Å². The number of nitrogens with one attached hydrogen (secondary N) is 1. The van der Waals surface area contributed by atoms with Gasteiger partial charge in [-0.25, -0.2) is 9.78 Å². The lowest BCUT2D eigenvalue weighted by Crippen LogP contribution is -2.42. The van der Waals surface area contributed by atoms with Crippen LogP contribution in [0.4, 0.5) is 0 Å². The average molecular weight is 474 g/mol. The van der Waals surface area contributed by atoms with Gasteiger partial charge in [0, 0.05) is 43.2 Å². The van der Waals surface area contributed by atoms with Gasteiger partial charge in [-0.2, -0.15) is 22.7 Å². The van der Waals surface area contributed by atoms with Gasteiger partial charge < -0.3 is 9.30 Å². The molecule has 0 amide bonds. The maximum atomic E-state index is 12.4. The van der Waals surface area contributed by atoms with E-state index in [1.54, 1.807) is 18.5 Å². The topological polar surface area (TPSA) is 117 Å². The summed E-state index contributed by atoms with van der Waals surface area (Å²) in [5.41, 5.74) is 5.40. The van der Waals surface area contributed by atoms with Crippen LogP contribution < -0.4 is 4.72 Å². The summed E-state index contributed by atoms with van der Waals surface area (Å²) in [6, 6.07) is 7.38. The molecule has 1 atom stereocenters. The van der Waals surface area contributed by atoms with Gasteiger partial charge in [-0.3, -0.25) is 0 Å². The number of esters is 1. The smallest absolute Gasteiger partial charge is 0.358 e. The lowest BCUT2D eigenvalue weighted by Gasteiger charge is -2.18. The minimum absolute atomic E-state index is 0.266. The van der Waals surface area contributed by atoms with E-state index in [1.165, 1.54) is 25.4 Å². The minimum atomic E-state index is -3.58. The van der Waals surface area contributed by atoms with E-state index >= 15 is 0 Å². The van der Waals surface area contributed by atoms with Gasteiger partial charge in [0.05, 0.1) is 35.2 Å². The number of thiazole rings is 1. The lowest BCUT2D eigenvalue weighted by atomic mass is 10.1. The molecule has 1 aromatic carbocycles. The molecule has 2 aromatic heterocycles. The zero-order chi connectivity index (χ0) is 23.0. The Morgan fingerprint density at radius 3 is 2.88 bits per heavy atom. The van der Waals surface area contributed by atoms with Gasteiger partial charge in [0.1, 0.15) is 0 Å². The maximum Gasteiger partial charge on any atom is 0.358 e. The van der Waals surface area contributed by atoms with Gasteiger partial charge in [-0.1, -0.05) is 0 Å². The number of nitriles is 1. The summed E-state index contributed by atoms with van der Waals surface area (Å²) in [4.78, 5) is 17.3. The standard InChI is InChI=1S/C21H23N5O4S2/c1-4-30-21(27)20-19(31-12-23-20)11-26-17-6-5-13(10-22)7-15(17)16-8-14(9-18(16)26)24-32(28,29)25(2)3/h5-7,12,14,24H,4,8-9,11H2,1-3H3. The third-order valence-electron chi connectivity index (χ3n) is 5.51. The van der Waals surface area contributed by atoms with E-state index in [4.69, 9.17) is 4.74 Å². The number of fused-ring (bicyclic) bond motifs is 3. The number of benzene rings is 1. The van der Waals surface area contributed by atoms with Crippen molar-refractivity contribution in [1.29, 1.82) is 5.26 Å². The fourth-order valence-corrected chi connectivity index (χ4v) is 5.57. The third-order valence-corrected chi connectivity index (χ3v) is 7.92. The maximum absolute atomic E-state index is 12.4. The van der Waals surface area contributed by atoms with Crippen molar-refractivity contribution in [3.8, 4) is 6.07 Å². The monoisotopic (exact) mass is 473 g/mol. The SMILES string of the molecule is CCOC(=O)c1ncsc1Cn1c2c(c3cc(C#N)ccc31)CC(NS(=O)(=O)N(C)C)C2. The molecular weight excluding hydrogens is 450 g/mol. The van der Waals surface area contributed by atoms with E-state index in [-0.39, 0.29) is 12.6 Å². The lowest BCUT2D eigenvalue weighted by molar-refractivity contribution is 0.0519. The second-order valence-corrected chi connectivity index (χ2v) is 10.6. The van der Waals surface area contributed by atoms with Crippen LogP contribution in [0.2, 0.25) is 0 Å². The number of rotatable bonds is 7. The van der Waals surface area contributed by atoms with Crippen molar-refractivity contribution in [3.63, 3.8) is 0 Å². The van der Waals surface area contributed by atoms with Gasteiger partial charge >= 0.3 is 5.97 Å². The van der Waals surface area contributed by atoms with Crippen LogP contribution in [-0.4, -0.2) is 55.0 Å². The molecule has 0 saturated heterocycles. The highest BCUT2D eigenvalue weighted by atomic mass is 32.2. The molecule has 2 heterocycles. The van der Waals surface area contributed by atoms with Crippen LogP contribution in [0.5, 0.6) is 0 Å². The molecule has 9 nitrogen and oxygen atoms in total. The first kappa shape index (κ1) is 22.4. The molecule has 4 rings (SSSR count). The normalized spacial score (nSPS) is 15.8. The Balaban J connectivity index is 1.75. The summed E-state index contributed by atoms with van der Waals surface area (Å²) in [6.07, 6.45) is 1.03. The molecule has 0 aliphatic heterocycles. The molecule has 32 heavy (non-hydrogen) atoms. The highest BCUT2D eigenvalue weighted by molar-refractivity contribution is 7.87. The van der Waals surface area contributed by atoms with Crippen molar-refractivity contribution in [2.45, 2.75) is 32.4 Å². The number of ether oxygens (including phenoxy) is 1. The van der Waals surface area contributed by atoms with Crippen molar-refractivity contribution < 1.29 is 17.9 Å². The second kappa shape index (κ2) is 8.63. The van der Waals surface area contributed by atoms with Crippen LogP contribution in [-0.2, 0) is 34.3 Å². The number of hydrogen-bond donors (Lipinski definition) is 1. The molecule has 1 unspecified atom stereocenters. The molecule has 0 fully saturated rings. The predicted molar refractivity (Wildman–Crippen MR) is 121 cm³/mol. The first-order valence-electron chi connectivity index (χ1n) is 10.1. The molecule has 1 N–H and O–H groups in total. The number of carbonyl (C=O) groups excluding carboxylic acids is 1. The summed E-state index contributed by atoms with van der Waals surface area (Å²) >= 11 is 1.38. The van der Waals surface area contributed by atoms with Crippen molar-refractivity contribution in [3.05, 3.63) is 51.1 Å². The van der Waals surface area contributed by atoms with Gasteiger partial charge in [-0.05, 0) is 37.1 Å². The van der Waals surface area contributed by atoms with Crippen LogP contribution in [0.25, 0.3) is 10.9 Å². The Morgan fingerprint density at radius 2 is 2.19 bits per heavy atom. The van der Waals surface area contributed by atoms with Crippen molar-refractivity contribution in [1.82, 2.24) is 18.6 Å². The van der Waals surface area contributed by atoms with Crippen LogP contribution in [0.3, 0.4) is 0 Å². The van der Waals surface area contributed by atoms with E-state index < -0.39 is 16.2 Å². The molecule has 1 aliphatic rings. The van der Waals surface area contributed by atoms with E-state index in [9.17, 15) is 18.5 Å². The summed E-state index contributed by atoms with van der Waals surface area (Å²) in [6.45, 7) is 2.42. The Bertz CT molecular complexity index is 1330. The Morgan fingerprint density at radius 1 is 1.41 bits per heavy atom. The van der Waals surface area contributed by atoms with E-state index in [0.29, 0.717) is 30.6 Å². The Labute approximate surface area is 190 Å². The Kier molecular flexibility index (Phi) is 6.05. The number of carbonyl (C=O) groups is 1. The van der Waals surface area contributed by atoms with Crippen LogP contribution in [0.1, 0.15) is 39.1 Å². The molecule has 11 heteroatoms. The quantitative estimate of drug-likeness (QED) is 0.525. The minimum Gasteiger partial charge on any atom is -0.461 e. The van der Waals surface area contributed by atoms with Gasteiger partial charge in [0.15, 0.2) is 5.69 Å². The highest BCUT2D eigenvalue weighted by Gasteiger charge is 2.32. The Hall–Kier alpha value is -2.78. The molecule has 0 bridgehead atoms. The first-order chi connectivity index (χ1) is 15.2. The average Bonchev–Trinajstić information content (AvgIpc) is 3.43. The third kappa shape index (κ3) is 4.02. The molecule has 1 aliphatic carbocycles.